The van der Waals surface area contributed by atoms with E-state index >= 15 is 0 Å². The lowest BCUT2D eigenvalue weighted by Crippen LogP contribution is -2.73. The molecule has 2 nitrogen and oxygen atoms in total. The normalized spacial score (nSPS) is 17.8. The Morgan fingerprint density at radius 2 is 0.889 bits per heavy atom. The van der Waals surface area contributed by atoms with E-state index in [2.05, 4.69) is 0 Å². The number of benzene rings is 2. The van der Waals surface area contributed by atoms with Crippen LogP contribution in [-0.4, -0.2) is 25.3 Å². The minimum Gasteiger partial charge on any atom is -0.427 e. The standard InChI is InChI=1S/C14H18O2Si2/c1-17(15,13-9-5-3-6-10-13)18(2,16)14-11-7-4-8-12-14/h3-12,15-16H,1-2H3. The van der Waals surface area contributed by atoms with Gasteiger partial charge in [0.2, 0.25) is 15.7 Å². The van der Waals surface area contributed by atoms with Crippen molar-refractivity contribution in [1.82, 2.24) is 0 Å². The summed E-state index contributed by atoms with van der Waals surface area (Å²) in [4.78, 5) is 21.8. The van der Waals surface area contributed by atoms with E-state index in [1.807, 2.05) is 73.8 Å². The van der Waals surface area contributed by atoms with Gasteiger partial charge in [-0.1, -0.05) is 60.7 Å². The van der Waals surface area contributed by atoms with Gasteiger partial charge in [0.1, 0.15) is 0 Å². The number of hydrogen-bond acceptors (Lipinski definition) is 2. The van der Waals surface area contributed by atoms with Crippen molar-refractivity contribution in [3.63, 3.8) is 0 Å². The van der Waals surface area contributed by atoms with Gasteiger partial charge in [0.05, 0.1) is 0 Å². The fourth-order valence-corrected chi connectivity index (χ4v) is 9.27. The minimum atomic E-state index is -2.85. The van der Waals surface area contributed by atoms with Crippen LogP contribution < -0.4 is 10.4 Å². The van der Waals surface area contributed by atoms with Crippen LogP contribution in [0.15, 0.2) is 60.7 Å². The second kappa shape index (κ2) is 4.81. The van der Waals surface area contributed by atoms with Crippen molar-refractivity contribution in [3.8, 4) is 0 Å². The van der Waals surface area contributed by atoms with Gasteiger partial charge in [-0.05, 0) is 23.5 Å². The zero-order valence-electron chi connectivity index (χ0n) is 10.7. The highest BCUT2D eigenvalue weighted by Crippen LogP contribution is 2.14. The molecule has 0 saturated carbocycles. The van der Waals surface area contributed by atoms with Crippen LogP contribution in [0.2, 0.25) is 13.1 Å². The van der Waals surface area contributed by atoms with Gasteiger partial charge in [0, 0.05) is 0 Å². The highest BCUT2D eigenvalue weighted by molar-refractivity contribution is 7.45. The molecule has 2 aromatic rings. The molecule has 0 spiro atoms. The van der Waals surface area contributed by atoms with E-state index in [1.54, 1.807) is 0 Å². The molecule has 0 aliphatic rings. The molecular formula is C14H18O2Si2. The van der Waals surface area contributed by atoms with Gasteiger partial charge in [-0.15, -0.1) is 0 Å². The maximum absolute atomic E-state index is 10.9. The summed E-state index contributed by atoms with van der Waals surface area (Å²) in [6.07, 6.45) is 0. The van der Waals surface area contributed by atoms with E-state index in [1.165, 1.54) is 0 Å². The molecule has 2 unspecified atom stereocenters. The molecule has 2 N–H and O–H groups in total. The lowest BCUT2D eigenvalue weighted by Gasteiger charge is -2.34. The molecule has 18 heavy (non-hydrogen) atoms. The van der Waals surface area contributed by atoms with Gasteiger partial charge in [-0.2, -0.15) is 0 Å². The summed E-state index contributed by atoms with van der Waals surface area (Å²) in [6, 6.07) is 19.1. The zero-order chi connectivity index (χ0) is 13.2. The molecule has 2 aromatic carbocycles. The highest BCUT2D eigenvalue weighted by Gasteiger charge is 2.50. The summed E-state index contributed by atoms with van der Waals surface area (Å²) in [6.45, 7) is 3.67. The van der Waals surface area contributed by atoms with E-state index in [4.69, 9.17) is 0 Å². The smallest absolute Gasteiger partial charge is 0.239 e. The van der Waals surface area contributed by atoms with Gasteiger partial charge in [-0.3, -0.25) is 0 Å². The van der Waals surface area contributed by atoms with Crippen molar-refractivity contribution in [1.29, 1.82) is 0 Å². The molecule has 2 atom stereocenters. The summed E-state index contributed by atoms with van der Waals surface area (Å²) in [5.74, 6) is 0. The Kier molecular flexibility index (Phi) is 3.54. The summed E-state index contributed by atoms with van der Waals surface area (Å²) in [5, 5.41) is 1.79. The molecule has 0 bridgehead atoms. The van der Waals surface area contributed by atoms with Crippen LogP contribution in [0.4, 0.5) is 0 Å². The predicted molar refractivity (Wildman–Crippen MR) is 79.8 cm³/mol. The zero-order valence-corrected chi connectivity index (χ0v) is 12.7. The Labute approximate surface area is 110 Å². The maximum Gasteiger partial charge on any atom is 0.239 e. The van der Waals surface area contributed by atoms with Crippen molar-refractivity contribution >= 4 is 26.0 Å². The quantitative estimate of drug-likeness (QED) is 0.820. The van der Waals surface area contributed by atoms with Gasteiger partial charge >= 0.3 is 0 Å². The average molecular weight is 274 g/mol. The van der Waals surface area contributed by atoms with E-state index in [-0.39, 0.29) is 0 Å². The summed E-state index contributed by atoms with van der Waals surface area (Å²) in [7, 11) is -5.71. The van der Waals surface area contributed by atoms with E-state index in [0.717, 1.165) is 10.4 Å². The van der Waals surface area contributed by atoms with Crippen LogP contribution >= 0.6 is 0 Å². The summed E-state index contributed by atoms with van der Waals surface area (Å²) >= 11 is 0. The molecule has 0 aliphatic heterocycles. The monoisotopic (exact) mass is 274 g/mol. The molecule has 2 rings (SSSR count). The van der Waals surface area contributed by atoms with Crippen LogP contribution in [0, 0.1) is 0 Å². The SMILES string of the molecule is C[Si](O)(c1ccccc1)[Si](C)(O)c1ccccc1. The first-order chi connectivity index (χ1) is 8.46. The van der Waals surface area contributed by atoms with Crippen molar-refractivity contribution in [2.45, 2.75) is 13.1 Å². The molecule has 0 radical (unpaired) electrons. The van der Waals surface area contributed by atoms with Crippen molar-refractivity contribution in [2.75, 3.05) is 0 Å². The largest absolute Gasteiger partial charge is 0.427 e. The number of hydrogen-bond donors (Lipinski definition) is 2. The molecule has 0 saturated heterocycles. The lowest BCUT2D eigenvalue weighted by molar-refractivity contribution is 0.532. The highest BCUT2D eigenvalue weighted by atomic mass is 29.3. The molecule has 0 amide bonds. The molecule has 0 fully saturated rings. The predicted octanol–water partition coefficient (Wildman–Crippen LogP) is 1.01. The van der Waals surface area contributed by atoms with Crippen LogP contribution in [0.1, 0.15) is 0 Å². The summed E-state index contributed by atoms with van der Waals surface area (Å²) < 4.78 is 0. The van der Waals surface area contributed by atoms with E-state index < -0.39 is 15.7 Å². The lowest BCUT2D eigenvalue weighted by atomic mass is 10.4. The Balaban J connectivity index is 2.47. The fraction of sp³-hybridized carbons (Fsp3) is 0.143. The van der Waals surface area contributed by atoms with Gasteiger partial charge in [0.25, 0.3) is 0 Å². The van der Waals surface area contributed by atoms with Crippen molar-refractivity contribution < 1.29 is 9.59 Å². The van der Waals surface area contributed by atoms with Gasteiger partial charge in [-0.25, -0.2) is 0 Å². The first kappa shape index (κ1) is 13.2. The molecular weight excluding hydrogens is 256 g/mol. The Morgan fingerprint density at radius 1 is 0.611 bits per heavy atom. The van der Waals surface area contributed by atoms with Crippen LogP contribution in [0.5, 0.6) is 0 Å². The number of rotatable bonds is 3. The Morgan fingerprint density at radius 3 is 1.17 bits per heavy atom. The van der Waals surface area contributed by atoms with Crippen LogP contribution in [0.25, 0.3) is 0 Å². The molecule has 94 valence electrons. The third kappa shape index (κ3) is 2.20. The van der Waals surface area contributed by atoms with Crippen molar-refractivity contribution in [2.24, 2.45) is 0 Å². The van der Waals surface area contributed by atoms with Crippen molar-refractivity contribution in [3.05, 3.63) is 60.7 Å². The van der Waals surface area contributed by atoms with Gasteiger partial charge < -0.3 is 9.59 Å². The third-order valence-electron chi connectivity index (χ3n) is 3.62. The average Bonchev–Trinajstić information content (AvgIpc) is 2.40. The second-order valence-electron chi connectivity index (χ2n) is 4.88. The molecule has 4 heteroatoms. The molecule has 0 aromatic heterocycles. The van der Waals surface area contributed by atoms with E-state index in [0.29, 0.717) is 0 Å². The fourth-order valence-electron chi connectivity index (χ4n) is 2.09. The third-order valence-corrected chi connectivity index (χ3v) is 15.9. The Bertz CT molecular complexity index is 460. The first-order valence-electron chi connectivity index (χ1n) is 6.02. The molecule has 0 heterocycles. The second-order valence-corrected chi connectivity index (χ2v) is 16.2. The summed E-state index contributed by atoms with van der Waals surface area (Å²) in [5.41, 5.74) is 0. The maximum atomic E-state index is 10.9. The first-order valence-corrected chi connectivity index (χ1v) is 11.9. The van der Waals surface area contributed by atoms with Crippen LogP contribution in [-0.2, 0) is 0 Å². The Hall–Kier alpha value is -1.21. The topological polar surface area (TPSA) is 40.5 Å². The van der Waals surface area contributed by atoms with Crippen LogP contribution in [0.3, 0.4) is 0 Å². The molecule has 0 aliphatic carbocycles. The minimum absolute atomic E-state index is 0.894. The van der Waals surface area contributed by atoms with Gasteiger partial charge in [0.15, 0.2) is 0 Å². The van der Waals surface area contributed by atoms with E-state index in [9.17, 15) is 9.59 Å².